The molecule has 0 saturated carbocycles. The van der Waals surface area contributed by atoms with Crippen LogP contribution in [0.5, 0.6) is 11.5 Å². The summed E-state index contributed by atoms with van der Waals surface area (Å²) in [5.74, 6) is 0.623. The fraction of sp³-hybridized carbons (Fsp3) is 0.294. The fourth-order valence-electron chi connectivity index (χ4n) is 3.81. The number of rotatable bonds is 1. The standard InChI is InChI=1S/C17H10Br2O6/c1-22-7-4-8-11(12-13(18)15(19)25-17(12)23-8)14-10(7)5-2-3-6(20)9(5)16(21)24-14/h4,12,17H,2-3H2,1H3. The number of ketones is 1. The molecule has 2 aliphatic heterocycles. The molecule has 128 valence electrons. The zero-order valence-electron chi connectivity index (χ0n) is 12.9. The number of hydrogen-bond acceptors (Lipinski definition) is 6. The Kier molecular flexibility index (Phi) is 3.16. The number of aryl methyl sites for hydroxylation is 1. The number of hydrogen-bond donors (Lipinski definition) is 0. The molecule has 2 atom stereocenters. The fourth-order valence-corrected chi connectivity index (χ4v) is 4.78. The van der Waals surface area contributed by atoms with Crippen LogP contribution in [0.1, 0.15) is 33.8 Å². The van der Waals surface area contributed by atoms with Crippen molar-refractivity contribution in [3.05, 3.63) is 42.3 Å². The van der Waals surface area contributed by atoms with Gasteiger partial charge in [-0.25, -0.2) is 4.79 Å². The third kappa shape index (κ3) is 1.89. The van der Waals surface area contributed by atoms with Crippen molar-refractivity contribution in [3.63, 3.8) is 0 Å². The van der Waals surface area contributed by atoms with Crippen LogP contribution < -0.4 is 15.1 Å². The van der Waals surface area contributed by atoms with Gasteiger partial charge >= 0.3 is 5.63 Å². The number of carbonyl (C=O) groups is 1. The number of halogens is 2. The van der Waals surface area contributed by atoms with Crippen molar-refractivity contribution >= 4 is 48.6 Å². The van der Waals surface area contributed by atoms with Crippen LogP contribution in [0.25, 0.3) is 11.0 Å². The molecule has 0 radical (unpaired) electrons. The van der Waals surface area contributed by atoms with E-state index >= 15 is 0 Å². The molecule has 25 heavy (non-hydrogen) atoms. The molecule has 2 aromatic rings. The summed E-state index contributed by atoms with van der Waals surface area (Å²) < 4.78 is 24.0. The third-order valence-electron chi connectivity index (χ3n) is 4.86. The molecule has 0 fully saturated rings. The van der Waals surface area contributed by atoms with Crippen molar-refractivity contribution in [2.24, 2.45) is 0 Å². The van der Waals surface area contributed by atoms with Crippen molar-refractivity contribution in [3.8, 4) is 11.5 Å². The van der Waals surface area contributed by atoms with E-state index in [1.165, 1.54) is 7.11 Å². The summed E-state index contributed by atoms with van der Waals surface area (Å²) in [6, 6.07) is 1.76. The first-order valence-electron chi connectivity index (χ1n) is 7.63. The van der Waals surface area contributed by atoms with E-state index in [2.05, 4.69) is 31.9 Å². The van der Waals surface area contributed by atoms with Crippen LogP contribution in [-0.4, -0.2) is 19.2 Å². The average Bonchev–Trinajstić information content (AvgIpc) is 3.21. The van der Waals surface area contributed by atoms with E-state index < -0.39 is 11.9 Å². The Morgan fingerprint density at radius 2 is 2.00 bits per heavy atom. The van der Waals surface area contributed by atoms with Gasteiger partial charge in [0.25, 0.3) is 6.29 Å². The molecule has 0 saturated heterocycles. The summed E-state index contributed by atoms with van der Waals surface area (Å²) in [4.78, 5) is 24.5. The van der Waals surface area contributed by atoms with Crippen molar-refractivity contribution in [2.45, 2.75) is 25.0 Å². The normalized spacial score (nSPS) is 23.4. The Labute approximate surface area is 158 Å². The van der Waals surface area contributed by atoms with E-state index in [1.807, 2.05) is 0 Å². The first kappa shape index (κ1) is 15.5. The summed E-state index contributed by atoms with van der Waals surface area (Å²) in [6.07, 6.45) is 0.256. The monoisotopic (exact) mass is 468 g/mol. The lowest BCUT2D eigenvalue weighted by atomic mass is 9.95. The van der Waals surface area contributed by atoms with Gasteiger partial charge in [0.2, 0.25) is 0 Å². The minimum absolute atomic E-state index is 0.139. The van der Waals surface area contributed by atoms with Gasteiger partial charge in [0, 0.05) is 12.5 Å². The summed E-state index contributed by atoms with van der Waals surface area (Å²) in [5.41, 5.74) is 1.34. The predicted molar refractivity (Wildman–Crippen MR) is 94.8 cm³/mol. The van der Waals surface area contributed by atoms with E-state index in [0.29, 0.717) is 45.5 Å². The van der Waals surface area contributed by atoms with Crippen LogP contribution in [0.3, 0.4) is 0 Å². The van der Waals surface area contributed by atoms with Gasteiger partial charge in [0.15, 0.2) is 10.5 Å². The minimum atomic E-state index is -0.609. The molecular weight excluding hydrogens is 460 g/mol. The smallest absolute Gasteiger partial charge is 0.347 e. The SMILES string of the molecule is COc1cc2c(c3oc(=O)c4c(c13)CCC4=O)C1C(Br)=C(Br)OC1O2. The van der Waals surface area contributed by atoms with Gasteiger partial charge in [-0.3, -0.25) is 4.79 Å². The Morgan fingerprint density at radius 3 is 2.76 bits per heavy atom. The van der Waals surface area contributed by atoms with Gasteiger partial charge in [-0.2, -0.15) is 0 Å². The van der Waals surface area contributed by atoms with Gasteiger partial charge in [0.05, 0.1) is 22.5 Å². The Hall–Kier alpha value is -1.80. The quantitative estimate of drug-likeness (QED) is 0.592. The van der Waals surface area contributed by atoms with Gasteiger partial charge in [0.1, 0.15) is 28.6 Å². The lowest BCUT2D eigenvalue weighted by molar-refractivity contribution is -0.00816. The number of methoxy groups -OCH3 is 1. The summed E-state index contributed by atoms with van der Waals surface area (Å²) in [5, 5.41) is 0.661. The maximum Gasteiger partial charge on any atom is 0.347 e. The average molecular weight is 470 g/mol. The number of carbonyl (C=O) groups excluding carboxylic acids is 1. The summed E-state index contributed by atoms with van der Waals surface area (Å²) in [7, 11) is 1.54. The summed E-state index contributed by atoms with van der Waals surface area (Å²) in [6.45, 7) is 0. The maximum absolute atomic E-state index is 12.4. The number of fused-ring (bicyclic) bond motifs is 7. The van der Waals surface area contributed by atoms with E-state index in [-0.39, 0.29) is 17.3 Å². The lowest BCUT2D eigenvalue weighted by Crippen LogP contribution is -2.16. The highest BCUT2D eigenvalue weighted by Crippen LogP contribution is 2.55. The molecule has 1 aromatic heterocycles. The van der Waals surface area contributed by atoms with Crippen LogP contribution >= 0.6 is 31.9 Å². The molecule has 3 heterocycles. The molecule has 2 unspecified atom stereocenters. The molecule has 3 aliphatic rings. The van der Waals surface area contributed by atoms with Crippen molar-refractivity contribution in [1.82, 2.24) is 0 Å². The molecule has 6 nitrogen and oxygen atoms in total. The second kappa shape index (κ2) is 5.11. The zero-order chi connectivity index (χ0) is 17.5. The topological polar surface area (TPSA) is 75.0 Å². The van der Waals surface area contributed by atoms with Crippen LogP contribution in [0, 0.1) is 0 Å². The molecule has 0 spiro atoms. The van der Waals surface area contributed by atoms with Crippen molar-refractivity contribution in [1.29, 1.82) is 0 Å². The molecule has 0 N–H and O–H groups in total. The second-order valence-electron chi connectivity index (χ2n) is 6.06. The largest absolute Gasteiger partial charge is 0.496 e. The van der Waals surface area contributed by atoms with E-state index in [4.69, 9.17) is 18.6 Å². The van der Waals surface area contributed by atoms with Crippen molar-refractivity contribution in [2.75, 3.05) is 7.11 Å². The molecule has 1 aliphatic carbocycles. The lowest BCUT2D eigenvalue weighted by Gasteiger charge is -2.13. The molecule has 0 bridgehead atoms. The second-order valence-corrected chi connectivity index (χ2v) is 7.64. The molecule has 8 heteroatoms. The van der Waals surface area contributed by atoms with Gasteiger partial charge in [-0.05, 0) is 27.9 Å². The third-order valence-corrected chi connectivity index (χ3v) is 6.86. The Balaban J connectivity index is 1.92. The molecular formula is C17H10Br2O6. The van der Waals surface area contributed by atoms with Gasteiger partial charge in [-0.15, -0.1) is 0 Å². The van der Waals surface area contributed by atoms with Crippen LogP contribution in [0.15, 0.2) is 24.4 Å². The highest BCUT2D eigenvalue weighted by molar-refractivity contribution is 9.14. The summed E-state index contributed by atoms with van der Waals surface area (Å²) >= 11 is 6.86. The molecule has 5 rings (SSSR count). The van der Waals surface area contributed by atoms with E-state index in [9.17, 15) is 9.59 Å². The van der Waals surface area contributed by atoms with Crippen LogP contribution in [-0.2, 0) is 11.2 Å². The predicted octanol–water partition coefficient (Wildman–Crippen LogP) is 3.72. The zero-order valence-corrected chi connectivity index (χ0v) is 16.0. The first-order valence-corrected chi connectivity index (χ1v) is 9.22. The Bertz CT molecular complexity index is 1070. The van der Waals surface area contributed by atoms with Gasteiger partial charge < -0.3 is 18.6 Å². The molecule has 1 aromatic carbocycles. The Morgan fingerprint density at radius 1 is 1.20 bits per heavy atom. The van der Waals surface area contributed by atoms with Crippen LogP contribution in [0.4, 0.5) is 0 Å². The van der Waals surface area contributed by atoms with Crippen molar-refractivity contribution < 1.29 is 23.4 Å². The number of Topliss-reactive ketones (excluding diaryl/α,β-unsaturated/α-hetero) is 1. The maximum atomic E-state index is 12.4. The van der Waals surface area contributed by atoms with E-state index in [1.54, 1.807) is 6.07 Å². The highest BCUT2D eigenvalue weighted by atomic mass is 79.9. The van der Waals surface area contributed by atoms with Gasteiger partial charge in [-0.1, -0.05) is 15.9 Å². The molecule has 0 amide bonds. The first-order chi connectivity index (χ1) is 12.0. The van der Waals surface area contributed by atoms with E-state index in [0.717, 1.165) is 10.0 Å². The van der Waals surface area contributed by atoms with Crippen LogP contribution in [0.2, 0.25) is 0 Å². The number of benzene rings is 1. The minimum Gasteiger partial charge on any atom is -0.496 e. The highest BCUT2D eigenvalue weighted by Gasteiger charge is 2.47. The number of ether oxygens (including phenoxy) is 3.